The van der Waals surface area contributed by atoms with Gasteiger partial charge in [-0.1, -0.05) is 0 Å². The smallest absolute Gasteiger partial charge is 0.234 e. The van der Waals surface area contributed by atoms with Crippen LogP contribution in [0.2, 0.25) is 0 Å². The first-order valence-corrected chi connectivity index (χ1v) is 5.64. The van der Waals surface area contributed by atoms with Crippen molar-refractivity contribution in [2.45, 2.75) is 45.9 Å². The SMILES string of the molecule is CC(C)NC(=O)CN1CC(C)OC(C)C1. The van der Waals surface area contributed by atoms with Gasteiger partial charge in [0.1, 0.15) is 0 Å². The molecule has 0 spiro atoms. The van der Waals surface area contributed by atoms with Crippen molar-refractivity contribution < 1.29 is 9.53 Å². The normalized spacial score (nSPS) is 28.1. The summed E-state index contributed by atoms with van der Waals surface area (Å²) in [6, 6.07) is 0.216. The van der Waals surface area contributed by atoms with E-state index < -0.39 is 0 Å². The van der Waals surface area contributed by atoms with Crippen molar-refractivity contribution in [2.24, 2.45) is 0 Å². The number of rotatable bonds is 3. The molecule has 0 aromatic rings. The predicted octanol–water partition coefficient (Wildman–Crippen LogP) is 0.620. The fraction of sp³-hybridized carbons (Fsp3) is 0.909. The number of nitrogens with zero attached hydrogens (tertiary/aromatic N) is 1. The van der Waals surface area contributed by atoms with Crippen molar-refractivity contribution >= 4 is 5.91 Å². The summed E-state index contributed by atoms with van der Waals surface area (Å²) in [6.45, 7) is 10.2. The van der Waals surface area contributed by atoms with Crippen LogP contribution in [0.1, 0.15) is 27.7 Å². The highest BCUT2D eigenvalue weighted by Crippen LogP contribution is 2.09. The van der Waals surface area contributed by atoms with Crippen LogP contribution >= 0.6 is 0 Å². The minimum absolute atomic E-state index is 0.103. The number of hydrogen-bond donors (Lipinski definition) is 1. The van der Waals surface area contributed by atoms with Gasteiger partial charge in [0.05, 0.1) is 18.8 Å². The second-order valence-corrected chi connectivity index (χ2v) is 4.67. The molecule has 15 heavy (non-hydrogen) atoms. The fourth-order valence-electron chi connectivity index (χ4n) is 1.98. The van der Waals surface area contributed by atoms with E-state index in [0.717, 1.165) is 13.1 Å². The summed E-state index contributed by atoms with van der Waals surface area (Å²) in [5, 5.41) is 2.90. The van der Waals surface area contributed by atoms with Gasteiger partial charge in [0.2, 0.25) is 5.91 Å². The van der Waals surface area contributed by atoms with Crippen LogP contribution in [0.4, 0.5) is 0 Å². The summed E-state index contributed by atoms with van der Waals surface area (Å²) in [6.07, 6.45) is 0.446. The van der Waals surface area contributed by atoms with Crippen molar-refractivity contribution in [3.8, 4) is 0 Å². The van der Waals surface area contributed by atoms with Crippen LogP contribution in [-0.4, -0.2) is 48.7 Å². The molecule has 4 nitrogen and oxygen atoms in total. The Morgan fingerprint density at radius 1 is 1.40 bits per heavy atom. The van der Waals surface area contributed by atoms with Crippen molar-refractivity contribution in [3.05, 3.63) is 0 Å². The van der Waals surface area contributed by atoms with E-state index in [0.29, 0.717) is 6.54 Å². The van der Waals surface area contributed by atoms with Crippen LogP contribution in [0.15, 0.2) is 0 Å². The third-order valence-corrected chi connectivity index (χ3v) is 2.31. The average Bonchev–Trinajstić information content (AvgIpc) is 1.98. The molecule has 1 fully saturated rings. The summed E-state index contributed by atoms with van der Waals surface area (Å²) in [5.41, 5.74) is 0. The number of ether oxygens (including phenoxy) is 1. The molecule has 0 saturated carbocycles. The monoisotopic (exact) mass is 214 g/mol. The Kier molecular flexibility index (Phi) is 4.54. The molecule has 1 amide bonds. The zero-order valence-electron chi connectivity index (χ0n) is 10.1. The highest BCUT2D eigenvalue weighted by Gasteiger charge is 2.23. The van der Waals surface area contributed by atoms with Gasteiger partial charge in [-0.15, -0.1) is 0 Å². The Morgan fingerprint density at radius 2 is 1.93 bits per heavy atom. The summed E-state index contributed by atoms with van der Waals surface area (Å²) in [5.74, 6) is 0.103. The average molecular weight is 214 g/mol. The number of carbonyl (C=O) groups excluding carboxylic acids is 1. The molecule has 1 N–H and O–H groups in total. The van der Waals surface area contributed by atoms with Gasteiger partial charge < -0.3 is 10.1 Å². The standard InChI is InChI=1S/C11H22N2O2/c1-8(2)12-11(14)7-13-5-9(3)15-10(4)6-13/h8-10H,5-7H2,1-4H3,(H,12,14). The lowest BCUT2D eigenvalue weighted by atomic mass is 10.2. The van der Waals surface area contributed by atoms with Crippen molar-refractivity contribution in [1.82, 2.24) is 10.2 Å². The van der Waals surface area contributed by atoms with Gasteiger partial charge in [-0.25, -0.2) is 0 Å². The Morgan fingerprint density at radius 3 is 2.40 bits per heavy atom. The van der Waals surface area contributed by atoms with E-state index in [-0.39, 0.29) is 24.2 Å². The van der Waals surface area contributed by atoms with Crippen molar-refractivity contribution in [1.29, 1.82) is 0 Å². The van der Waals surface area contributed by atoms with Crippen LogP contribution in [0.5, 0.6) is 0 Å². The number of hydrogen-bond acceptors (Lipinski definition) is 3. The number of amides is 1. The molecule has 1 heterocycles. The van der Waals surface area contributed by atoms with E-state index >= 15 is 0 Å². The number of carbonyl (C=O) groups is 1. The number of morpholine rings is 1. The Hall–Kier alpha value is -0.610. The highest BCUT2D eigenvalue weighted by atomic mass is 16.5. The molecule has 2 unspecified atom stereocenters. The van der Waals surface area contributed by atoms with Gasteiger partial charge in [-0.3, -0.25) is 9.69 Å². The Bertz CT molecular complexity index is 209. The quantitative estimate of drug-likeness (QED) is 0.749. The molecule has 4 heteroatoms. The van der Waals surface area contributed by atoms with Crippen molar-refractivity contribution in [3.63, 3.8) is 0 Å². The van der Waals surface area contributed by atoms with Gasteiger partial charge in [0.25, 0.3) is 0 Å². The third kappa shape index (κ3) is 4.62. The maximum absolute atomic E-state index is 11.5. The first-order chi connectivity index (χ1) is 6.97. The molecule has 1 saturated heterocycles. The summed E-state index contributed by atoms with van der Waals surface area (Å²) >= 11 is 0. The molecule has 0 bridgehead atoms. The molecule has 1 aliphatic heterocycles. The second kappa shape index (κ2) is 5.47. The van der Waals surface area contributed by atoms with Gasteiger partial charge in [-0.2, -0.15) is 0 Å². The molecular weight excluding hydrogens is 192 g/mol. The Balaban J connectivity index is 2.34. The van der Waals surface area contributed by atoms with Crippen LogP contribution < -0.4 is 5.32 Å². The summed E-state index contributed by atoms with van der Waals surface area (Å²) in [7, 11) is 0. The van der Waals surface area contributed by atoms with Crippen molar-refractivity contribution in [2.75, 3.05) is 19.6 Å². The van der Waals surface area contributed by atoms with E-state index in [2.05, 4.69) is 10.2 Å². The van der Waals surface area contributed by atoms with E-state index in [9.17, 15) is 4.79 Å². The Labute approximate surface area is 92.0 Å². The third-order valence-electron chi connectivity index (χ3n) is 2.31. The summed E-state index contributed by atoms with van der Waals surface area (Å²) < 4.78 is 5.61. The zero-order valence-corrected chi connectivity index (χ0v) is 10.1. The highest BCUT2D eigenvalue weighted by molar-refractivity contribution is 5.78. The van der Waals surface area contributed by atoms with Gasteiger partial charge >= 0.3 is 0 Å². The van der Waals surface area contributed by atoms with E-state index in [1.165, 1.54) is 0 Å². The first-order valence-electron chi connectivity index (χ1n) is 5.64. The molecule has 0 radical (unpaired) electrons. The molecule has 0 aliphatic carbocycles. The lowest BCUT2D eigenvalue weighted by Gasteiger charge is -2.34. The van der Waals surface area contributed by atoms with E-state index in [4.69, 9.17) is 4.74 Å². The summed E-state index contributed by atoms with van der Waals surface area (Å²) in [4.78, 5) is 13.7. The maximum atomic E-state index is 11.5. The minimum atomic E-state index is 0.103. The molecule has 0 aromatic carbocycles. The van der Waals surface area contributed by atoms with Gasteiger partial charge in [0, 0.05) is 19.1 Å². The van der Waals surface area contributed by atoms with Crippen LogP contribution in [0.25, 0.3) is 0 Å². The first kappa shape index (κ1) is 12.5. The predicted molar refractivity (Wildman–Crippen MR) is 59.7 cm³/mol. The largest absolute Gasteiger partial charge is 0.373 e. The lowest BCUT2D eigenvalue weighted by molar-refractivity contribution is -0.126. The van der Waals surface area contributed by atoms with E-state index in [1.54, 1.807) is 0 Å². The molecular formula is C11H22N2O2. The van der Waals surface area contributed by atoms with Crippen LogP contribution in [0.3, 0.4) is 0 Å². The lowest BCUT2D eigenvalue weighted by Crippen LogP contribution is -2.49. The van der Waals surface area contributed by atoms with Gasteiger partial charge in [0.15, 0.2) is 0 Å². The van der Waals surface area contributed by atoms with Gasteiger partial charge in [-0.05, 0) is 27.7 Å². The topological polar surface area (TPSA) is 41.6 Å². The van der Waals surface area contributed by atoms with Crippen LogP contribution in [0, 0.1) is 0 Å². The maximum Gasteiger partial charge on any atom is 0.234 e. The molecule has 88 valence electrons. The minimum Gasteiger partial charge on any atom is -0.373 e. The fourth-order valence-corrected chi connectivity index (χ4v) is 1.98. The molecule has 1 aliphatic rings. The molecule has 1 rings (SSSR count). The molecule has 2 atom stereocenters. The second-order valence-electron chi connectivity index (χ2n) is 4.67. The number of nitrogens with one attached hydrogen (secondary N) is 1. The zero-order chi connectivity index (χ0) is 11.4. The van der Waals surface area contributed by atoms with E-state index in [1.807, 2.05) is 27.7 Å². The molecule has 0 aromatic heterocycles. The van der Waals surface area contributed by atoms with Crippen LogP contribution in [-0.2, 0) is 9.53 Å².